The SMILES string of the molecule is COc1ccc(NC(=O)C2=C(C)Nc3ncnn3[C@@H]2c2ccco2)c(OC)c1. The zero-order chi connectivity index (χ0) is 19.7. The van der Waals surface area contributed by atoms with Crippen LogP contribution in [-0.2, 0) is 4.79 Å². The van der Waals surface area contributed by atoms with Gasteiger partial charge in [-0.2, -0.15) is 10.1 Å². The number of allylic oxidation sites excluding steroid dienone is 1. The molecule has 0 unspecified atom stereocenters. The fraction of sp³-hybridized carbons (Fsp3) is 0.211. The van der Waals surface area contributed by atoms with Crippen LogP contribution in [0.4, 0.5) is 11.6 Å². The van der Waals surface area contributed by atoms with Gasteiger partial charge in [-0.15, -0.1) is 0 Å². The summed E-state index contributed by atoms with van der Waals surface area (Å²) in [5, 5.41) is 10.3. The number of nitrogens with zero attached hydrogens (tertiary/aromatic N) is 3. The lowest BCUT2D eigenvalue weighted by Gasteiger charge is -2.27. The van der Waals surface area contributed by atoms with Crippen molar-refractivity contribution in [3.63, 3.8) is 0 Å². The molecule has 3 aromatic rings. The first-order valence-electron chi connectivity index (χ1n) is 8.56. The van der Waals surface area contributed by atoms with Crippen molar-refractivity contribution in [1.82, 2.24) is 14.8 Å². The van der Waals surface area contributed by atoms with E-state index < -0.39 is 6.04 Å². The number of aromatic nitrogens is 3. The van der Waals surface area contributed by atoms with E-state index in [0.717, 1.165) is 0 Å². The monoisotopic (exact) mass is 381 g/mol. The Kier molecular flexibility index (Phi) is 4.48. The van der Waals surface area contributed by atoms with Crippen LogP contribution in [0.1, 0.15) is 18.7 Å². The van der Waals surface area contributed by atoms with E-state index in [-0.39, 0.29) is 5.91 Å². The Labute approximate surface area is 161 Å². The maximum absolute atomic E-state index is 13.2. The van der Waals surface area contributed by atoms with Gasteiger partial charge in [-0.05, 0) is 31.2 Å². The lowest BCUT2D eigenvalue weighted by atomic mass is 10.00. The van der Waals surface area contributed by atoms with Gasteiger partial charge in [-0.1, -0.05) is 0 Å². The predicted octanol–water partition coefficient (Wildman–Crippen LogP) is 2.82. The minimum Gasteiger partial charge on any atom is -0.497 e. The highest BCUT2D eigenvalue weighted by atomic mass is 16.5. The van der Waals surface area contributed by atoms with Crippen LogP contribution in [0.15, 0.2) is 58.6 Å². The molecule has 0 spiro atoms. The van der Waals surface area contributed by atoms with Crippen molar-refractivity contribution in [3.8, 4) is 11.5 Å². The van der Waals surface area contributed by atoms with Crippen LogP contribution in [0.2, 0.25) is 0 Å². The number of benzene rings is 1. The summed E-state index contributed by atoms with van der Waals surface area (Å²) in [7, 11) is 3.10. The Morgan fingerprint density at radius 1 is 1.29 bits per heavy atom. The second-order valence-electron chi connectivity index (χ2n) is 6.13. The minimum atomic E-state index is -0.544. The van der Waals surface area contributed by atoms with Crippen molar-refractivity contribution in [2.75, 3.05) is 24.9 Å². The van der Waals surface area contributed by atoms with Gasteiger partial charge in [0, 0.05) is 11.8 Å². The Balaban J connectivity index is 1.71. The van der Waals surface area contributed by atoms with Crippen molar-refractivity contribution in [3.05, 3.63) is 60.0 Å². The number of anilines is 2. The lowest BCUT2D eigenvalue weighted by Crippen LogP contribution is -2.31. The van der Waals surface area contributed by atoms with E-state index in [2.05, 4.69) is 20.7 Å². The van der Waals surface area contributed by atoms with E-state index in [1.165, 1.54) is 13.4 Å². The van der Waals surface area contributed by atoms with Crippen molar-refractivity contribution in [2.24, 2.45) is 0 Å². The summed E-state index contributed by atoms with van der Waals surface area (Å²) in [4.78, 5) is 17.4. The molecule has 144 valence electrons. The molecule has 0 aliphatic carbocycles. The molecular weight excluding hydrogens is 362 g/mol. The number of rotatable bonds is 5. The summed E-state index contributed by atoms with van der Waals surface area (Å²) in [6.45, 7) is 1.81. The molecule has 0 saturated carbocycles. The number of hydrogen-bond donors (Lipinski definition) is 2. The average Bonchev–Trinajstić information content (AvgIpc) is 3.38. The minimum absolute atomic E-state index is 0.309. The summed E-state index contributed by atoms with van der Waals surface area (Å²) in [6, 6.07) is 8.21. The maximum atomic E-state index is 13.2. The number of amides is 1. The van der Waals surface area contributed by atoms with E-state index in [9.17, 15) is 4.79 Å². The molecule has 1 aliphatic heterocycles. The van der Waals surface area contributed by atoms with Gasteiger partial charge in [0.15, 0.2) is 0 Å². The number of carbonyl (C=O) groups excluding carboxylic acids is 1. The van der Waals surface area contributed by atoms with Gasteiger partial charge in [-0.25, -0.2) is 4.68 Å². The summed E-state index contributed by atoms with van der Waals surface area (Å²) < 4.78 is 17.8. The molecule has 1 atom stereocenters. The maximum Gasteiger partial charge on any atom is 0.256 e. The second-order valence-corrected chi connectivity index (χ2v) is 6.13. The number of furan rings is 1. The zero-order valence-electron chi connectivity index (χ0n) is 15.6. The van der Waals surface area contributed by atoms with Gasteiger partial charge in [-0.3, -0.25) is 4.79 Å². The molecule has 2 N–H and O–H groups in total. The molecule has 0 radical (unpaired) electrons. The predicted molar refractivity (Wildman–Crippen MR) is 101 cm³/mol. The molecule has 9 heteroatoms. The molecule has 1 amide bonds. The van der Waals surface area contributed by atoms with Crippen molar-refractivity contribution in [2.45, 2.75) is 13.0 Å². The van der Waals surface area contributed by atoms with E-state index in [1.807, 2.05) is 6.92 Å². The third kappa shape index (κ3) is 2.96. The normalized spacial score (nSPS) is 15.6. The largest absolute Gasteiger partial charge is 0.497 e. The molecular formula is C19H19N5O4. The first-order chi connectivity index (χ1) is 13.6. The zero-order valence-corrected chi connectivity index (χ0v) is 15.6. The van der Waals surface area contributed by atoms with E-state index in [0.29, 0.717) is 40.2 Å². The smallest absolute Gasteiger partial charge is 0.256 e. The lowest BCUT2D eigenvalue weighted by molar-refractivity contribution is -0.113. The molecule has 28 heavy (non-hydrogen) atoms. The Morgan fingerprint density at radius 3 is 2.86 bits per heavy atom. The van der Waals surface area contributed by atoms with Crippen molar-refractivity contribution in [1.29, 1.82) is 0 Å². The Morgan fingerprint density at radius 2 is 2.14 bits per heavy atom. The molecule has 4 rings (SSSR count). The van der Waals surface area contributed by atoms with Gasteiger partial charge in [0.25, 0.3) is 5.91 Å². The van der Waals surface area contributed by atoms with E-state index in [1.54, 1.807) is 48.4 Å². The van der Waals surface area contributed by atoms with Crippen LogP contribution in [0.3, 0.4) is 0 Å². The average molecular weight is 381 g/mol. The molecule has 0 bridgehead atoms. The Bertz CT molecular complexity index is 1040. The van der Waals surface area contributed by atoms with Gasteiger partial charge in [0.2, 0.25) is 5.95 Å². The fourth-order valence-corrected chi connectivity index (χ4v) is 3.19. The molecule has 3 heterocycles. The van der Waals surface area contributed by atoms with Gasteiger partial charge in [0.1, 0.15) is 29.6 Å². The van der Waals surface area contributed by atoms with E-state index in [4.69, 9.17) is 13.9 Å². The standard InChI is InChI=1S/C19H19N5O4/c1-11-16(18(25)23-13-7-6-12(26-2)9-15(13)27-3)17(14-5-4-8-28-14)24-19(22-11)20-10-21-24/h4-10,17H,1-3H3,(H,23,25)(H,20,21,22)/t17-/m1/s1. The highest BCUT2D eigenvalue weighted by Gasteiger charge is 2.35. The van der Waals surface area contributed by atoms with Crippen LogP contribution < -0.4 is 20.1 Å². The first-order valence-corrected chi connectivity index (χ1v) is 8.56. The van der Waals surface area contributed by atoms with Gasteiger partial charge in [0.05, 0.1) is 31.7 Å². The van der Waals surface area contributed by atoms with Crippen LogP contribution in [0.25, 0.3) is 0 Å². The van der Waals surface area contributed by atoms with Gasteiger partial charge < -0.3 is 24.5 Å². The van der Waals surface area contributed by atoms with Crippen LogP contribution in [0, 0.1) is 0 Å². The van der Waals surface area contributed by atoms with Gasteiger partial charge >= 0.3 is 0 Å². The summed E-state index contributed by atoms with van der Waals surface area (Å²) in [5.41, 5.74) is 1.65. The first kappa shape index (κ1) is 17.7. The number of fused-ring (bicyclic) bond motifs is 1. The number of carbonyl (C=O) groups is 1. The fourth-order valence-electron chi connectivity index (χ4n) is 3.19. The summed E-state index contributed by atoms with van der Waals surface area (Å²) in [5.74, 6) is 1.93. The third-order valence-corrected chi connectivity index (χ3v) is 4.51. The molecule has 0 fully saturated rings. The second kappa shape index (κ2) is 7.10. The molecule has 9 nitrogen and oxygen atoms in total. The van der Waals surface area contributed by atoms with E-state index >= 15 is 0 Å². The Hall–Kier alpha value is -3.75. The van der Waals surface area contributed by atoms with Crippen molar-refractivity contribution >= 4 is 17.5 Å². The quantitative estimate of drug-likeness (QED) is 0.700. The molecule has 2 aromatic heterocycles. The third-order valence-electron chi connectivity index (χ3n) is 4.51. The number of hydrogen-bond acceptors (Lipinski definition) is 7. The topological polar surface area (TPSA) is 103 Å². The highest BCUT2D eigenvalue weighted by molar-refractivity contribution is 6.06. The van der Waals surface area contributed by atoms with Crippen LogP contribution in [0.5, 0.6) is 11.5 Å². The summed E-state index contributed by atoms with van der Waals surface area (Å²) in [6.07, 6.45) is 2.99. The van der Waals surface area contributed by atoms with Crippen LogP contribution in [-0.4, -0.2) is 34.9 Å². The highest BCUT2D eigenvalue weighted by Crippen LogP contribution is 2.36. The number of methoxy groups -OCH3 is 2. The molecule has 1 aromatic carbocycles. The number of nitrogens with one attached hydrogen (secondary N) is 2. The molecule has 0 saturated heterocycles. The number of ether oxygens (including phenoxy) is 2. The van der Waals surface area contributed by atoms with Crippen LogP contribution >= 0.6 is 0 Å². The van der Waals surface area contributed by atoms with Crippen molar-refractivity contribution < 1.29 is 18.7 Å². The summed E-state index contributed by atoms with van der Waals surface area (Å²) >= 11 is 0. The molecule has 1 aliphatic rings.